The van der Waals surface area contributed by atoms with Crippen LogP contribution in [0.1, 0.15) is 71.6 Å². The largest absolute Gasteiger partial charge is 0.393 e. The molecule has 0 saturated heterocycles. The molecule has 0 bridgehead atoms. The minimum absolute atomic E-state index is 0.0154. The second kappa shape index (κ2) is 4.71. The zero-order valence-corrected chi connectivity index (χ0v) is 13.7. The number of rotatable bonds is 0. The van der Waals surface area contributed by atoms with Crippen molar-refractivity contribution in [1.82, 2.24) is 0 Å². The van der Waals surface area contributed by atoms with Gasteiger partial charge in [0.05, 0.1) is 12.2 Å². The maximum atomic E-state index is 10.9. The van der Waals surface area contributed by atoms with Crippen molar-refractivity contribution in [3.05, 3.63) is 0 Å². The van der Waals surface area contributed by atoms with Gasteiger partial charge in [-0.15, -0.1) is 0 Å². The summed E-state index contributed by atoms with van der Waals surface area (Å²) in [6, 6.07) is 0. The van der Waals surface area contributed by atoms with Gasteiger partial charge in [-0.25, -0.2) is 0 Å². The lowest BCUT2D eigenvalue weighted by molar-refractivity contribution is -0.167. The fourth-order valence-electron chi connectivity index (χ4n) is 7.27. The summed E-state index contributed by atoms with van der Waals surface area (Å²) < 4.78 is 0. The molecule has 0 spiro atoms. The number of aliphatic hydroxyl groups is 2. The molecule has 0 aromatic carbocycles. The van der Waals surface area contributed by atoms with Crippen LogP contribution in [0.3, 0.4) is 0 Å². The fraction of sp³-hybridized carbons (Fsp3) is 1.00. The van der Waals surface area contributed by atoms with Gasteiger partial charge in [-0.3, -0.25) is 0 Å². The van der Waals surface area contributed by atoms with Crippen LogP contribution in [0.5, 0.6) is 0 Å². The molecule has 4 saturated carbocycles. The van der Waals surface area contributed by atoms with Crippen LogP contribution in [0.15, 0.2) is 0 Å². The average Bonchev–Trinajstić information content (AvgIpc) is 2.77. The number of aliphatic hydroxyl groups excluding tert-OH is 2. The predicted molar refractivity (Wildman–Crippen MR) is 83.7 cm³/mol. The maximum Gasteiger partial charge on any atom is 0.0600 e. The predicted octanol–water partition coefficient (Wildman–Crippen LogP) is 3.75. The van der Waals surface area contributed by atoms with Gasteiger partial charge < -0.3 is 10.2 Å². The molecule has 4 aliphatic carbocycles. The Kier molecular flexibility index (Phi) is 3.25. The first-order valence-electron chi connectivity index (χ1n) is 9.33. The van der Waals surface area contributed by atoms with E-state index in [1.807, 2.05) is 0 Å². The van der Waals surface area contributed by atoms with E-state index < -0.39 is 0 Å². The molecule has 0 aliphatic heterocycles. The van der Waals surface area contributed by atoms with Crippen LogP contribution < -0.4 is 0 Å². The summed E-state index contributed by atoms with van der Waals surface area (Å²) in [4.78, 5) is 0. The normalized spacial score (nSPS) is 60.0. The average molecular weight is 292 g/mol. The van der Waals surface area contributed by atoms with E-state index in [1.54, 1.807) is 0 Å². The Labute approximate surface area is 129 Å². The highest BCUT2D eigenvalue weighted by Crippen LogP contribution is 2.66. The quantitative estimate of drug-likeness (QED) is 0.714. The Morgan fingerprint density at radius 3 is 2.48 bits per heavy atom. The SMILES string of the molecule is C[C@]12CCCC[C@@H]1CC[C@H]1[C@H]3[C@@H](O)CC[C@]3(C)[C@@H](O)C[C@H]12. The van der Waals surface area contributed by atoms with Crippen molar-refractivity contribution in [2.45, 2.75) is 83.8 Å². The summed E-state index contributed by atoms with van der Waals surface area (Å²) in [6.07, 6.45) is 10.8. The highest BCUT2D eigenvalue weighted by Gasteiger charge is 2.62. The van der Waals surface area contributed by atoms with Crippen molar-refractivity contribution in [2.24, 2.45) is 34.5 Å². The zero-order valence-electron chi connectivity index (χ0n) is 13.7. The van der Waals surface area contributed by atoms with Crippen LogP contribution in [0.4, 0.5) is 0 Å². The Morgan fingerprint density at radius 2 is 1.67 bits per heavy atom. The summed E-state index contributed by atoms with van der Waals surface area (Å²) in [6.45, 7) is 4.77. The van der Waals surface area contributed by atoms with E-state index in [-0.39, 0.29) is 17.6 Å². The Morgan fingerprint density at radius 1 is 0.857 bits per heavy atom. The molecule has 4 fully saturated rings. The van der Waals surface area contributed by atoms with E-state index in [9.17, 15) is 10.2 Å². The third kappa shape index (κ3) is 1.84. The third-order valence-corrected chi connectivity index (χ3v) is 8.52. The van der Waals surface area contributed by atoms with Gasteiger partial charge in [-0.2, -0.15) is 0 Å². The Hall–Kier alpha value is -0.0800. The van der Waals surface area contributed by atoms with Gasteiger partial charge in [-0.05, 0) is 79.4 Å². The highest BCUT2D eigenvalue weighted by atomic mass is 16.3. The van der Waals surface area contributed by atoms with Gasteiger partial charge in [0.2, 0.25) is 0 Å². The molecule has 4 aliphatic rings. The van der Waals surface area contributed by atoms with Crippen LogP contribution in [-0.2, 0) is 0 Å². The van der Waals surface area contributed by atoms with Crippen molar-refractivity contribution >= 4 is 0 Å². The fourth-order valence-corrected chi connectivity index (χ4v) is 7.27. The minimum atomic E-state index is -0.196. The molecule has 0 aromatic heterocycles. The Bertz CT molecular complexity index is 422. The van der Waals surface area contributed by atoms with Crippen molar-refractivity contribution < 1.29 is 10.2 Å². The lowest BCUT2D eigenvalue weighted by Crippen LogP contribution is -2.57. The Balaban J connectivity index is 1.70. The molecule has 0 aromatic rings. The van der Waals surface area contributed by atoms with E-state index in [0.717, 1.165) is 25.2 Å². The second-order valence-corrected chi connectivity index (χ2v) is 9.19. The first kappa shape index (κ1) is 14.5. The van der Waals surface area contributed by atoms with Gasteiger partial charge in [-0.1, -0.05) is 26.7 Å². The van der Waals surface area contributed by atoms with Crippen LogP contribution in [0.2, 0.25) is 0 Å². The van der Waals surface area contributed by atoms with Crippen LogP contribution >= 0.6 is 0 Å². The van der Waals surface area contributed by atoms with Crippen LogP contribution in [0.25, 0.3) is 0 Å². The first-order chi connectivity index (χ1) is 9.97. The number of hydrogen-bond acceptors (Lipinski definition) is 2. The summed E-state index contributed by atoms with van der Waals surface area (Å²) >= 11 is 0. The molecule has 4 rings (SSSR count). The van der Waals surface area contributed by atoms with Gasteiger partial charge >= 0.3 is 0 Å². The molecule has 2 nitrogen and oxygen atoms in total. The summed E-state index contributed by atoms with van der Waals surface area (Å²) in [5, 5.41) is 21.5. The lowest BCUT2D eigenvalue weighted by Gasteiger charge is -2.61. The van der Waals surface area contributed by atoms with E-state index in [4.69, 9.17) is 0 Å². The number of hydrogen-bond donors (Lipinski definition) is 2. The zero-order chi connectivity index (χ0) is 14.8. The molecule has 0 radical (unpaired) electrons. The smallest absolute Gasteiger partial charge is 0.0600 e. The van der Waals surface area contributed by atoms with E-state index in [0.29, 0.717) is 23.2 Å². The summed E-state index contributed by atoms with van der Waals surface area (Å²) in [5.41, 5.74) is 0.421. The molecule has 0 heterocycles. The van der Waals surface area contributed by atoms with Crippen molar-refractivity contribution in [3.8, 4) is 0 Å². The van der Waals surface area contributed by atoms with E-state index >= 15 is 0 Å². The van der Waals surface area contributed by atoms with Crippen molar-refractivity contribution in [2.75, 3.05) is 0 Å². The van der Waals surface area contributed by atoms with Gasteiger partial charge in [0, 0.05) is 0 Å². The van der Waals surface area contributed by atoms with Gasteiger partial charge in [0.1, 0.15) is 0 Å². The molecule has 0 unspecified atom stereocenters. The highest BCUT2D eigenvalue weighted by molar-refractivity contribution is 5.11. The molecule has 8 atom stereocenters. The van der Waals surface area contributed by atoms with Crippen LogP contribution in [-0.4, -0.2) is 22.4 Å². The van der Waals surface area contributed by atoms with Crippen molar-refractivity contribution in [3.63, 3.8) is 0 Å². The third-order valence-electron chi connectivity index (χ3n) is 8.52. The first-order valence-corrected chi connectivity index (χ1v) is 9.33. The van der Waals surface area contributed by atoms with Crippen molar-refractivity contribution in [1.29, 1.82) is 0 Å². The molecular formula is C19H32O2. The molecule has 2 N–H and O–H groups in total. The van der Waals surface area contributed by atoms with Gasteiger partial charge in [0.25, 0.3) is 0 Å². The molecule has 120 valence electrons. The van der Waals surface area contributed by atoms with E-state index in [2.05, 4.69) is 13.8 Å². The van der Waals surface area contributed by atoms with Crippen LogP contribution in [0, 0.1) is 34.5 Å². The summed E-state index contributed by atoms with van der Waals surface area (Å²) in [7, 11) is 0. The molecule has 21 heavy (non-hydrogen) atoms. The monoisotopic (exact) mass is 292 g/mol. The lowest BCUT2D eigenvalue weighted by atomic mass is 9.44. The molecule has 0 amide bonds. The molecule has 2 heteroatoms. The topological polar surface area (TPSA) is 40.5 Å². The van der Waals surface area contributed by atoms with Gasteiger partial charge in [0.15, 0.2) is 0 Å². The van der Waals surface area contributed by atoms with E-state index in [1.165, 1.54) is 38.5 Å². The minimum Gasteiger partial charge on any atom is -0.393 e. The maximum absolute atomic E-state index is 10.9. The number of fused-ring (bicyclic) bond motifs is 5. The summed E-state index contributed by atoms with van der Waals surface area (Å²) in [5.74, 6) is 2.54. The standard InChI is InChI=1S/C19H32O2/c1-18-9-4-3-5-12(18)6-7-13-14(18)11-16(21)19(2)10-8-15(20)17(13)19/h12-17,20-21H,3-11H2,1-2H3/t12-,13-,14-,15+,16+,17+,18+,19-/m1/s1. The molecular weight excluding hydrogens is 260 g/mol. The second-order valence-electron chi connectivity index (χ2n) is 9.19.